The number of rotatable bonds is 4. The minimum Gasteiger partial charge on any atom is -0.488 e. The zero-order valence-corrected chi connectivity index (χ0v) is 12.7. The molecule has 0 aromatic heterocycles. The van der Waals surface area contributed by atoms with E-state index < -0.39 is 11.6 Å². The van der Waals surface area contributed by atoms with Crippen LogP contribution in [0, 0.1) is 11.6 Å². The molecule has 0 saturated heterocycles. The SMILES string of the molecule is NCCCC1=C[N]C(=S)N1[C@H]1COc2c(F)cc(F)cc2C1. The zero-order chi connectivity index (χ0) is 15.7. The van der Waals surface area contributed by atoms with Gasteiger partial charge in [-0.25, -0.2) is 14.1 Å². The largest absolute Gasteiger partial charge is 0.488 e. The minimum absolute atomic E-state index is 0.114. The predicted octanol–water partition coefficient (Wildman–Crippen LogP) is 2.05. The van der Waals surface area contributed by atoms with Crippen LogP contribution in [0.3, 0.4) is 0 Å². The summed E-state index contributed by atoms with van der Waals surface area (Å²) in [5.74, 6) is -1.14. The smallest absolute Gasteiger partial charge is 0.200 e. The monoisotopic (exact) mass is 324 g/mol. The van der Waals surface area contributed by atoms with E-state index >= 15 is 0 Å². The number of nitrogens with zero attached hydrogens (tertiary/aromatic N) is 2. The number of hydrogen-bond donors (Lipinski definition) is 1. The third-order valence-electron chi connectivity index (χ3n) is 3.80. The lowest BCUT2D eigenvalue weighted by Gasteiger charge is -2.34. The van der Waals surface area contributed by atoms with E-state index in [1.165, 1.54) is 6.07 Å². The topological polar surface area (TPSA) is 52.6 Å². The number of hydrogen-bond acceptors (Lipinski definition) is 3. The average molecular weight is 324 g/mol. The van der Waals surface area contributed by atoms with Gasteiger partial charge in [0.1, 0.15) is 12.4 Å². The third kappa shape index (κ3) is 2.78. The standard InChI is InChI=1S/C15H16F2N3OS/c16-10-4-9-5-12(8-21-14(9)13(17)6-10)20-11(2-1-3-18)7-19-15(20)22/h4,6-7,12H,1-3,5,8,18H2/t12-/m1/s1. The molecule has 2 heterocycles. The fourth-order valence-electron chi connectivity index (χ4n) is 2.82. The van der Waals surface area contributed by atoms with Gasteiger partial charge in [0, 0.05) is 29.9 Å². The van der Waals surface area contributed by atoms with Crippen molar-refractivity contribution >= 4 is 17.3 Å². The summed E-state index contributed by atoms with van der Waals surface area (Å²) < 4.78 is 32.6. The fourth-order valence-corrected chi connectivity index (χ4v) is 3.14. The van der Waals surface area contributed by atoms with Crippen molar-refractivity contribution < 1.29 is 13.5 Å². The molecular formula is C15H16F2N3OS. The highest BCUT2D eigenvalue weighted by atomic mass is 32.1. The molecule has 4 nitrogen and oxygen atoms in total. The van der Waals surface area contributed by atoms with Crippen LogP contribution in [0.15, 0.2) is 24.0 Å². The van der Waals surface area contributed by atoms with E-state index in [1.807, 2.05) is 4.90 Å². The summed E-state index contributed by atoms with van der Waals surface area (Å²) >= 11 is 5.27. The van der Waals surface area contributed by atoms with Gasteiger partial charge in [0.05, 0.1) is 6.04 Å². The normalized spacial score (nSPS) is 20.3. The Kier molecular flexibility index (Phi) is 4.26. The van der Waals surface area contributed by atoms with Crippen LogP contribution in [0.5, 0.6) is 5.75 Å². The van der Waals surface area contributed by atoms with Gasteiger partial charge in [-0.15, -0.1) is 0 Å². The zero-order valence-electron chi connectivity index (χ0n) is 11.9. The first-order chi connectivity index (χ1) is 10.6. The molecule has 7 heteroatoms. The van der Waals surface area contributed by atoms with E-state index in [1.54, 1.807) is 6.20 Å². The minimum atomic E-state index is -0.666. The molecule has 0 spiro atoms. The molecule has 2 aliphatic rings. The molecule has 2 N–H and O–H groups in total. The number of ether oxygens (including phenoxy) is 1. The Hall–Kier alpha value is -1.73. The van der Waals surface area contributed by atoms with Crippen LogP contribution in [-0.2, 0) is 6.42 Å². The Morgan fingerprint density at radius 1 is 1.41 bits per heavy atom. The highest BCUT2D eigenvalue weighted by molar-refractivity contribution is 7.80. The van der Waals surface area contributed by atoms with Crippen LogP contribution >= 0.6 is 12.2 Å². The Balaban J connectivity index is 1.81. The van der Waals surface area contributed by atoms with E-state index in [0.29, 0.717) is 23.6 Å². The van der Waals surface area contributed by atoms with Gasteiger partial charge in [-0.2, -0.15) is 0 Å². The molecule has 1 radical (unpaired) electrons. The van der Waals surface area contributed by atoms with Gasteiger partial charge < -0.3 is 15.4 Å². The lowest BCUT2D eigenvalue weighted by molar-refractivity contribution is 0.188. The molecule has 0 aliphatic carbocycles. The molecule has 0 fully saturated rings. The summed E-state index contributed by atoms with van der Waals surface area (Å²) in [4.78, 5) is 1.91. The molecule has 1 atom stereocenters. The van der Waals surface area contributed by atoms with Gasteiger partial charge >= 0.3 is 0 Å². The van der Waals surface area contributed by atoms with Crippen LogP contribution in [0.4, 0.5) is 8.78 Å². The van der Waals surface area contributed by atoms with Crippen LogP contribution in [0.1, 0.15) is 18.4 Å². The molecule has 3 rings (SSSR count). The van der Waals surface area contributed by atoms with E-state index in [-0.39, 0.29) is 18.4 Å². The molecule has 0 bridgehead atoms. The Morgan fingerprint density at radius 3 is 3.00 bits per heavy atom. The van der Waals surface area contributed by atoms with Crippen LogP contribution in [0.2, 0.25) is 0 Å². The highest BCUT2D eigenvalue weighted by Gasteiger charge is 2.33. The van der Waals surface area contributed by atoms with Crippen LogP contribution < -0.4 is 15.8 Å². The number of nitrogens with two attached hydrogens (primary N) is 1. The summed E-state index contributed by atoms with van der Waals surface area (Å²) in [6.07, 6.45) is 3.79. The second-order valence-corrected chi connectivity index (χ2v) is 5.70. The van der Waals surface area contributed by atoms with E-state index in [2.05, 4.69) is 5.32 Å². The van der Waals surface area contributed by atoms with Crippen molar-refractivity contribution in [2.75, 3.05) is 13.2 Å². The van der Waals surface area contributed by atoms with Gasteiger partial charge in [0.25, 0.3) is 0 Å². The van der Waals surface area contributed by atoms with Crippen molar-refractivity contribution in [1.29, 1.82) is 0 Å². The first-order valence-electron chi connectivity index (χ1n) is 7.14. The summed E-state index contributed by atoms with van der Waals surface area (Å²) in [5.41, 5.74) is 7.04. The first kappa shape index (κ1) is 15.2. The Labute approximate surface area is 132 Å². The van der Waals surface area contributed by atoms with Crippen molar-refractivity contribution in [3.8, 4) is 5.75 Å². The quantitative estimate of drug-likeness (QED) is 0.862. The summed E-state index contributed by atoms with van der Waals surface area (Å²) in [7, 11) is 0. The molecule has 0 saturated carbocycles. The molecule has 2 aliphatic heterocycles. The van der Waals surface area contributed by atoms with Crippen molar-refractivity contribution in [2.24, 2.45) is 5.73 Å². The van der Waals surface area contributed by atoms with E-state index in [4.69, 9.17) is 22.7 Å². The summed E-state index contributed by atoms with van der Waals surface area (Å²) in [6.45, 7) is 0.865. The first-order valence-corrected chi connectivity index (χ1v) is 7.55. The van der Waals surface area contributed by atoms with Gasteiger partial charge in [0.15, 0.2) is 16.7 Å². The number of thiocarbonyl (C=S) groups is 1. The maximum Gasteiger partial charge on any atom is 0.200 e. The Bertz CT molecular complexity index is 635. The molecular weight excluding hydrogens is 308 g/mol. The van der Waals surface area contributed by atoms with Crippen molar-refractivity contribution in [3.05, 3.63) is 41.2 Å². The molecule has 22 heavy (non-hydrogen) atoms. The van der Waals surface area contributed by atoms with Crippen molar-refractivity contribution in [1.82, 2.24) is 10.2 Å². The van der Waals surface area contributed by atoms with Crippen LogP contribution in [0.25, 0.3) is 0 Å². The molecule has 0 amide bonds. The summed E-state index contributed by atoms with van der Waals surface area (Å²) in [5, 5.41) is 4.63. The fraction of sp³-hybridized carbons (Fsp3) is 0.400. The third-order valence-corrected chi connectivity index (χ3v) is 4.10. The highest BCUT2D eigenvalue weighted by Crippen LogP contribution is 2.32. The number of halogens is 2. The van der Waals surface area contributed by atoms with Crippen molar-refractivity contribution in [3.63, 3.8) is 0 Å². The second kappa shape index (κ2) is 6.18. The second-order valence-electron chi connectivity index (χ2n) is 5.34. The number of fused-ring (bicyclic) bond motifs is 1. The van der Waals surface area contributed by atoms with Gasteiger partial charge in [0.2, 0.25) is 0 Å². The maximum absolute atomic E-state index is 13.7. The predicted molar refractivity (Wildman–Crippen MR) is 82.3 cm³/mol. The van der Waals surface area contributed by atoms with E-state index in [9.17, 15) is 8.78 Å². The van der Waals surface area contributed by atoms with Gasteiger partial charge in [-0.1, -0.05) is 0 Å². The maximum atomic E-state index is 13.7. The van der Waals surface area contributed by atoms with Gasteiger partial charge in [-0.3, -0.25) is 0 Å². The van der Waals surface area contributed by atoms with E-state index in [0.717, 1.165) is 24.6 Å². The van der Waals surface area contributed by atoms with Gasteiger partial charge in [-0.05, 0) is 37.7 Å². The lowest BCUT2D eigenvalue weighted by atomic mass is 10.0. The molecule has 1 aromatic rings. The molecule has 0 unspecified atom stereocenters. The molecule has 117 valence electrons. The molecule has 1 aromatic carbocycles. The number of allylic oxidation sites excluding steroid dienone is 1. The Morgan fingerprint density at radius 2 is 2.23 bits per heavy atom. The lowest BCUT2D eigenvalue weighted by Crippen LogP contribution is -2.44. The average Bonchev–Trinajstić information content (AvgIpc) is 2.85. The number of benzene rings is 1. The van der Waals surface area contributed by atoms with Crippen molar-refractivity contribution in [2.45, 2.75) is 25.3 Å². The van der Waals surface area contributed by atoms with Crippen LogP contribution in [-0.4, -0.2) is 29.2 Å². The summed E-state index contributed by atoms with van der Waals surface area (Å²) in [6, 6.07) is 2.03.